The maximum Gasteiger partial charge on any atom is 0.228 e. The molecule has 9 nitrogen and oxygen atoms in total. The summed E-state index contributed by atoms with van der Waals surface area (Å²) >= 11 is 0. The van der Waals surface area contributed by atoms with Gasteiger partial charge >= 0.3 is 0 Å². The third-order valence-corrected chi connectivity index (χ3v) is 7.40. The van der Waals surface area contributed by atoms with Crippen LogP contribution in [0.1, 0.15) is 39.2 Å². The van der Waals surface area contributed by atoms with Crippen LogP contribution in [0, 0.1) is 18.2 Å². The number of anilines is 2. The van der Waals surface area contributed by atoms with Crippen LogP contribution >= 0.6 is 0 Å². The van der Waals surface area contributed by atoms with Gasteiger partial charge in [0.25, 0.3) is 0 Å². The van der Waals surface area contributed by atoms with E-state index in [1.807, 2.05) is 25.7 Å². The van der Waals surface area contributed by atoms with Gasteiger partial charge < -0.3 is 19.7 Å². The molecule has 1 aromatic carbocycles. The first-order chi connectivity index (χ1) is 16.3. The molecule has 1 amide bonds. The number of ether oxygens (including phenoxy) is 2. The molecular formula is C24H31FN4O5S. The number of carbonyl (C=O) groups excluding carboxylic acids is 1. The zero-order valence-electron chi connectivity index (χ0n) is 20.5. The number of hydrogen-bond donors (Lipinski definition) is 1. The van der Waals surface area contributed by atoms with Gasteiger partial charge in [-0.2, -0.15) is 0 Å². The van der Waals surface area contributed by atoms with E-state index in [0.717, 1.165) is 12.3 Å². The van der Waals surface area contributed by atoms with Gasteiger partial charge in [0.15, 0.2) is 9.84 Å². The summed E-state index contributed by atoms with van der Waals surface area (Å²) in [4.78, 5) is 23.3. The van der Waals surface area contributed by atoms with Crippen LogP contribution in [0.25, 0.3) is 0 Å². The smallest absolute Gasteiger partial charge is 0.228 e. The van der Waals surface area contributed by atoms with Crippen LogP contribution in [0.5, 0.6) is 5.88 Å². The lowest BCUT2D eigenvalue weighted by Crippen LogP contribution is -2.62. The fraction of sp³-hybridized carbons (Fsp3) is 0.542. The van der Waals surface area contributed by atoms with E-state index in [2.05, 4.69) is 15.3 Å². The van der Waals surface area contributed by atoms with Crippen LogP contribution in [0.3, 0.4) is 0 Å². The van der Waals surface area contributed by atoms with E-state index in [1.54, 1.807) is 6.92 Å². The van der Waals surface area contributed by atoms with Crippen LogP contribution in [0.4, 0.5) is 15.9 Å². The van der Waals surface area contributed by atoms with E-state index in [0.29, 0.717) is 43.3 Å². The first-order valence-electron chi connectivity index (χ1n) is 11.5. The maximum absolute atomic E-state index is 14.5. The summed E-state index contributed by atoms with van der Waals surface area (Å²) in [7, 11) is -3.52. The van der Waals surface area contributed by atoms with Gasteiger partial charge in [-0.1, -0.05) is 20.8 Å². The molecule has 0 aliphatic carbocycles. The van der Waals surface area contributed by atoms with E-state index >= 15 is 0 Å². The first kappa shape index (κ1) is 25.3. The van der Waals surface area contributed by atoms with Gasteiger partial charge in [-0.25, -0.2) is 22.8 Å². The summed E-state index contributed by atoms with van der Waals surface area (Å²) < 4.78 is 49.8. The van der Waals surface area contributed by atoms with Gasteiger partial charge in [-0.3, -0.25) is 4.79 Å². The third-order valence-electron chi connectivity index (χ3n) is 6.29. The number of amides is 1. The Balaban J connectivity index is 1.50. The standard InChI is InChI=1S/C24H31FN4O5S/c1-14-21(28-20-7-6-18(10-19(20)25)35(5,31)32)26-13-27-22(14)34-17-8-15-11-33-12-16(9-17)29(15)23(30)24(2,3)4/h6-7,10,13,15-17H,8-9,11-12H2,1-5H3,(H,26,27,28). The van der Waals surface area contributed by atoms with E-state index in [1.165, 1.54) is 18.5 Å². The zero-order chi connectivity index (χ0) is 25.5. The molecule has 3 heterocycles. The van der Waals surface area contributed by atoms with E-state index < -0.39 is 21.1 Å². The molecule has 1 N–H and O–H groups in total. The number of fused-ring (bicyclic) bond motifs is 2. The van der Waals surface area contributed by atoms with Crippen molar-refractivity contribution >= 4 is 27.2 Å². The molecule has 11 heteroatoms. The Morgan fingerprint density at radius 1 is 1.20 bits per heavy atom. The Morgan fingerprint density at radius 2 is 1.86 bits per heavy atom. The normalized spacial score (nSPS) is 22.6. The molecule has 1 aromatic heterocycles. The number of sulfone groups is 1. The second-order valence-corrected chi connectivity index (χ2v) is 12.2. The molecule has 2 fully saturated rings. The second-order valence-electron chi connectivity index (χ2n) is 10.2. The molecule has 2 saturated heterocycles. The molecule has 0 saturated carbocycles. The summed E-state index contributed by atoms with van der Waals surface area (Å²) in [5, 5.41) is 2.90. The molecular weight excluding hydrogens is 475 g/mol. The number of halogens is 1. The topological polar surface area (TPSA) is 111 Å². The van der Waals surface area contributed by atoms with Gasteiger partial charge in [-0.15, -0.1) is 0 Å². The van der Waals surface area contributed by atoms with E-state index in [9.17, 15) is 17.6 Å². The van der Waals surface area contributed by atoms with Crippen molar-refractivity contribution in [2.45, 2.75) is 63.6 Å². The molecule has 35 heavy (non-hydrogen) atoms. The van der Waals surface area contributed by atoms with Gasteiger partial charge in [0.2, 0.25) is 11.8 Å². The molecule has 2 bridgehead atoms. The number of nitrogens with one attached hydrogen (secondary N) is 1. The molecule has 4 rings (SSSR count). The van der Waals surface area contributed by atoms with Crippen molar-refractivity contribution in [3.8, 4) is 5.88 Å². The molecule has 0 spiro atoms. The molecule has 0 radical (unpaired) electrons. The number of rotatable bonds is 5. The minimum atomic E-state index is -3.52. The lowest BCUT2D eigenvalue weighted by atomic mass is 9.86. The third kappa shape index (κ3) is 5.40. The predicted octanol–water partition coefficient (Wildman–Crippen LogP) is 3.25. The van der Waals surface area contributed by atoms with E-state index in [-0.39, 0.29) is 34.7 Å². The van der Waals surface area contributed by atoms with Gasteiger partial charge in [0, 0.05) is 24.5 Å². The Bertz CT molecular complexity index is 1220. The van der Waals surface area contributed by atoms with Crippen molar-refractivity contribution in [2.75, 3.05) is 24.8 Å². The van der Waals surface area contributed by atoms with Crippen LogP contribution in [0.2, 0.25) is 0 Å². The van der Waals surface area contributed by atoms with Gasteiger partial charge in [-0.05, 0) is 25.1 Å². The monoisotopic (exact) mass is 506 g/mol. The molecule has 2 aliphatic heterocycles. The SMILES string of the molecule is Cc1c(Nc2ccc(S(C)(=O)=O)cc2F)ncnc1OC1CC2COCC(C1)N2C(=O)C(C)(C)C. The lowest BCUT2D eigenvalue weighted by molar-refractivity contribution is -0.163. The molecule has 2 aromatic rings. The average Bonchev–Trinajstić information content (AvgIpc) is 2.75. The molecule has 2 aliphatic rings. The van der Waals surface area contributed by atoms with Crippen LogP contribution in [-0.4, -0.2) is 66.9 Å². The van der Waals surface area contributed by atoms with Crippen LogP contribution in [-0.2, 0) is 19.4 Å². The highest BCUT2D eigenvalue weighted by atomic mass is 32.2. The van der Waals surface area contributed by atoms with E-state index in [4.69, 9.17) is 9.47 Å². The Labute approximate surface area is 205 Å². The molecule has 2 atom stereocenters. The highest BCUT2D eigenvalue weighted by Gasteiger charge is 2.45. The minimum Gasteiger partial charge on any atom is -0.474 e. The quantitative estimate of drug-likeness (QED) is 0.658. The average molecular weight is 507 g/mol. The Kier molecular flexibility index (Phi) is 6.76. The number of carbonyl (C=O) groups is 1. The number of nitrogens with zero attached hydrogens (tertiary/aromatic N) is 3. The van der Waals surface area contributed by atoms with Crippen molar-refractivity contribution in [2.24, 2.45) is 5.41 Å². The van der Waals surface area contributed by atoms with Crippen molar-refractivity contribution in [1.82, 2.24) is 14.9 Å². The number of benzene rings is 1. The maximum atomic E-state index is 14.5. The summed E-state index contributed by atoms with van der Waals surface area (Å²) in [6.45, 7) is 8.47. The Morgan fingerprint density at radius 3 is 2.43 bits per heavy atom. The number of morpholine rings is 1. The van der Waals surface area contributed by atoms with Crippen molar-refractivity contribution < 1.29 is 27.1 Å². The highest BCUT2D eigenvalue weighted by Crippen LogP contribution is 2.35. The van der Waals surface area contributed by atoms with Gasteiger partial charge in [0.05, 0.1) is 41.4 Å². The second kappa shape index (κ2) is 9.34. The van der Waals surface area contributed by atoms with Crippen molar-refractivity contribution in [1.29, 1.82) is 0 Å². The van der Waals surface area contributed by atoms with Gasteiger partial charge in [0.1, 0.15) is 24.1 Å². The number of hydrogen-bond acceptors (Lipinski definition) is 8. The van der Waals surface area contributed by atoms with Crippen LogP contribution in [0.15, 0.2) is 29.4 Å². The summed E-state index contributed by atoms with van der Waals surface area (Å²) in [6, 6.07) is 3.53. The minimum absolute atomic E-state index is 0.0681. The molecule has 190 valence electrons. The van der Waals surface area contributed by atoms with Crippen molar-refractivity contribution in [3.63, 3.8) is 0 Å². The lowest BCUT2D eigenvalue weighted by Gasteiger charge is -2.49. The summed E-state index contributed by atoms with van der Waals surface area (Å²) in [5.74, 6) is 0.125. The fourth-order valence-electron chi connectivity index (χ4n) is 4.47. The number of piperidine rings is 1. The first-order valence-corrected chi connectivity index (χ1v) is 13.4. The number of aromatic nitrogens is 2. The fourth-order valence-corrected chi connectivity index (χ4v) is 5.11. The highest BCUT2D eigenvalue weighted by molar-refractivity contribution is 7.90. The predicted molar refractivity (Wildman–Crippen MR) is 128 cm³/mol. The molecule has 2 unspecified atom stereocenters. The Hall–Kier alpha value is -2.79. The largest absolute Gasteiger partial charge is 0.474 e. The summed E-state index contributed by atoms with van der Waals surface area (Å²) in [6.07, 6.45) is 3.43. The van der Waals surface area contributed by atoms with Crippen molar-refractivity contribution in [3.05, 3.63) is 35.9 Å². The zero-order valence-corrected chi connectivity index (χ0v) is 21.4. The van der Waals surface area contributed by atoms with Crippen LogP contribution < -0.4 is 10.1 Å². The summed E-state index contributed by atoms with van der Waals surface area (Å²) in [5.41, 5.74) is 0.208.